The predicted molar refractivity (Wildman–Crippen MR) is 56.7 cm³/mol. The fourth-order valence-corrected chi connectivity index (χ4v) is 1.87. The van der Waals surface area contributed by atoms with E-state index in [1.165, 1.54) is 18.2 Å². The molecule has 1 aromatic rings. The predicted octanol–water partition coefficient (Wildman–Crippen LogP) is 2.50. The Hall–Kier alpha value is -1.11. The molecule has 1 saturated heterocycles. The second-order valence-corrected chi connectivity index (χ2v) is 4.02. The average Bonchev–Trinajstić information content (AvgIpc) is 2.77. The Morgan fingerprint density at radius 2 is 2.00 bits per heavy atom. The van der Waals surface area contributed by atoms with E-state index in [4.69, 9.17) is 14.6 Å². The van der Waals surface area contributed by atoms with Gasteiger partial charge in [-0.05, 0) is 12.5 Å². The van der Waals surface area contributed by atoms with Crippen LogP contribution in [0.25, 0.3) is 0 Å². The molecule has 1 aromatic carbocycles. The van der Waals surface area contributed by atoms with Crippen LogP contribution in [0.5, 0.6) is 0 Å². The number of ether oxygens (including phenoxy) is 2. The van der Waals surface area contributed by atoms with E-state index < -0.39 is 18.0 Å². The summed E-state index contributed by atoms with van der Waals surface area (Å²) in [5.74, 6) is 0. The van der Waals surface area contributed by atoms with Gasteiger partial charge in [0.2, 0.25) is 0 Å². The van der Waals surface area contributed by atoms with Gasteiger partial charge in [-0.3, -0.25) is 0 Å². The quantitative estimate of drug-likeness (QED) is 0.909. The molecular formula is C12H13F3O3. The molecule has 0 aliphatic carbocycles. The van der Waals surface area contributed by atoms with Gasteiger partial charge in [0.05, 0.1) is 18.3 Å². The Morgan fingerprint density at radius 3 is 2.67 bits per heavy atom. The lowest BCUT2D eigenvalue weighted by molar-refractivity contribution is -0.143. The maximum Gasteiger partial charge on any atom is 0.416 e. The summed E-state index contributed by atoms with van der Waals surface area (Å²) in [6, 6.07) is 5.18. The number of benzene rings is 1. The number of alkyl halides is 3. The highest BCUT2D eigenvalue weighted by molar-refractivity contribution is 5.31. The highest BCUT2D eigenvalue weighted by atomic mass is 19.4. The molecule has 1 N–H and O–H groups in total. The number of halogens is 3. The van der Waals surface area contributed by atoms with Crippen LogP contribution in [0.1, 0.15) is 23.8 Å². The van der Waals surface area contributed by atoms with Crippen molar-refractivity contribution in [3.8, 4) is 0 Å². The third-order valence-corrected chi connectivity index (χ3v) is 2.72. The van der Waals surface area contributed by atoms with Crippen LogP contribution in [-0.4, -0.2) is 24.4 Å². The summed E-state index contributed by atoms with van der Waals surface area (Å²) >= 11 is 0. The van der Waals surface area contributed by atoms with Crippen LogP contribution in [-0.2, 0) is 15.7 Å². The van der Waals surface area contributed by atoms with Crippen molar-refractivity contribution in [2.24, 2.45) is 0 Å². The molecule has 2 rings (SSSR count). The minimum atomic E-state index is -4.43. The summed E-state index contributed by atoms with van der Waals surface area (Å²) in [4.78, 5) is 0. The van der Waals surface area contributed by atoms with Crippen molar-refractivity contribution < 1.29 is 27.8 Å². The molecule has 0 spiro atoms. The minimum absolute atomic E-state index is 0.0227. The van der Waals surface area contributed by atoms with Gasteiger partial charge in [0, 0.05) is 12.2 Å². The molecule has 1 heterocycles. The third-order valence-electron chi connectivity index (χ3n) is 2.72. The monoisotopic (exact) mass is 262 g/mol. The SMILES string of the molecule is OCCC1COC(c2ccccc2C(F)(F)F)O1. The molecule has 0 bridgehead atoms. The summed E-state index contributed by atoms with van der Waals surface area (Å²) in [7, 11) is 0. The van der Waals surface area contributed by atoms with Crippen molar-refractivity contribution in [3.05, 3.63) is 35.4 Å². The largest absolute Gasteiger partial charge is 0.416 e. The zero-order valence-corrected chi connectivity index (χ0v) is 9.48. The van der Waals surface area contributed by atoms with E-state index in [1.54, 1.807) is 0 Å². The molecule has 1 fully saturated rings. The van der Waals surface area contributed by atoms with Crippen LogP contribution in [0.3, 0.4) is 0 Å². The van der Waals surface area contributed by atoms with Gasteiger partial charge in [0.25, 0.3) is 0 Å². The van der Waals surface area contributed by atoms with Gasteiger partial charge >= 0.3 is 6.18 Å². The van der Waals surface area contributed by atoms with Crippen molar-refractivity contribution in [1.29, 1.82) is 0 Å². The van der Waals surface area contributed by atoms with Crippen LogP contribution in [0.4, 0.5) is 13.2 Å². The van der Waals surface area contributed by atoms with E-state index in [2.05, 4.69) is 0 Å². The average molecular weight is 262 g/mol. The first-order valence-corrected chi connectivity index (χ1v) is 5.56. The van der Waals surface area contributed by atoms with Crippen molar-refractivity contribution in [1.82, 2.24) is 0 Å². The molecule has 100 valence electrons. The molecule has 0 amide bonds. The van der Waals surface area contributed by atoms with E-state index in [1.807, 2.05) is 0 Å². The summed E-state index contributed by atoms with van der Waals surface area (Å²) < 4.78 is 48.9. The lowest BCUT2D eigenvalue weighted by Crippen LogP contribution is -2.14. The van der Waals surface area contributed by atoms with Crippen molar-refractivity contribution in [2.75, 3.05) is 13.2 Å². The van der Waals surface area contributed by atoms with E-state index in [9.17, 15) is 13.2 Å². The topological polar surface area (TPSA) is 38.7 Å². The van der Waals surface area contributed by atoms with Gasteiger partial charge in [-0.25, -0.2) is 0 Å². The van der Waals surface area contributed by atoms with Gasteiger partial charge in [0.1, 0.15) is 0 Å². The second kappa shape index (κ2) is 5.26. The molecule has 2 atom stereocenters. The van der Waals surface area contributed by atoms with Crippen LogP contribution in [0, 0.1) is 0 Å². The zero-order valence-electron chi connectivity index (χ0n) is 9.48. The first-order chi connectivity index (χ1) is 8.52. The highest BCUT2D eigenvalue weighted by Crippen LogP contribution is 2.38. The van der Waals surface area contributed by atoms with Crippen LogP contribution in [0.15, 0.2) is 24.3 Å². The van der Waals surface area contributed by atoms with E-state index in [0.29, 0.717) is 6.42 Å². The Kier molecular flexibility index (Phi) is 3.89. The molecule has 6 heteroatoms. The normalized spacial score (nSPS) is 24.4. The molecule has 1 aliphatic rings. The lowest BCUT2D eigenvalue weighted by Gasteiger charge is -2.17. The smallest absolute Gasteiger partial charge is 0.396 e. The first-order valence-electron chi connectivity index (χ1n) is 5.56. The summed E-state index contributed by atoms with van der Waals surface area (Å²) in [6.45, 7) is 0.110. The Morgan fingerprint density at radius 1 is 1.28 bits per heavy atom. The van der Waals surface area contributed by atoms with Gasteiger partial charge in [-0.1, -0.05) is 18.2 Å². The maximum absolute atomic E-state index is 12.8. The molecule has 18 heavy (non-hydrogen) atoms. The Bertz CT molecular complexity index is 406. The molecule has 0 radical (unpaired) electrons. The number of aliphatic hydroxyl groups excluding tert-OH is 1. The molecular weight excluding hydrogens is 249 g/mol. The number of rotatable bonds is 3. The third kappa shape index (κ3) is 2.82. The molecule has 3 nitrogen and oxygen atoms in total. The Labute approximate surface area is 102 Å². The summed E-state index contributed by atoms with van der Waals surface area (Å²) in [5, 5.41) is 8.75. The fourth-order valence-electron chi connectivity index (χ4n) is 1.87. The molecule has 0 aromatic heterocycles. The summed E-state index contributed by atoms with van der Waals surface area (Å²) in [6.07, 6.45) is -5.45. The van der Waals surface area contributed by atoms with E-state index in [0.717, 1.165) is 6.07 Å². The lowest BCUT2D eigenvalue weighted by atomic mass is 10.1. The van der Waals surface area contributed by atoms with E-state index >= 15 is 0 Å². The first kappa shape index (κ1) is 13.3. The van der Waals surface area contributed by atoms with Gasteiger partial charge in [0.15, 0.2) is 6.29 Å². The standard InChI is InChI=1S/C12H13F3O3/c13-12(14,15)10-4-2-1-3-9(10)11-17-7-8(18-11)5-6-16/h1-4,8,11,16H,5-7H2. The fraction of sp³-hybridized carbons (Fsp3) is 0.500. The molecule has 0 saturated carbocycles. The van der Waals surface area contributed by atoms with Crippen LogP contribution < -0.4 is 0 Å². The van der Waals surface area contributed by atoms with Gasteiger partial charge in [-0.2, -0.15) is 13.2 Å². The Balaban J connectivity index is 2.19. The van der Waals surface area contributed by atoms with Crippen LogP contribution in [0.2, 0.25) is 0 Å². The van der Waals surface area contributed by atoms with Gasteiger partial charge < -0.3 is 14.6 Å². The number of hydrogen-bond acceptors (Lipinski definition) is 3. The minimum Gasteiger partial charge on any atom is -0.396 e. The number of hydrogen-bond donors (Lipinski definition) is 1. The summed E-state index contributed by atoms with van der Waals surface area (Å²) in [5.41, 5.74) is -0.773. The molecule has 2 unspecified atom stereocenters. The zero-order chi connectivity index (χ0) is 13.2. The van der Waals surface area contributed by atoms with Crippen LogP contribution >= 0.6 is 0 Å². The van der Waals surface area contributed by atoms with Crippen molar-refractivity contribution >= 4 is 0 Å². The van der Waals surface area contributed by atoms with Crippen molar-refractivity contribution in [2.45, 2.75) is 25.0 Å². The van der Waals surface area contributed by atoms with Crippen molar-refractivity contribution in [3.63, 3.8) is 0 Å². The molecule has 1 aliphatic heterocycles. The number of aliphatic hydroxyl groups is 1. The highest BCUT2D eigenvalue weighted by Gasteiger charge is 2.37. The second-order valence-electron chi connectivity index (χ2n) is 4.02. The van der Waals surface area contributed by atoms with Gasteiger partial charge in [-0.15, -0.1) is 0 Å². The van der Waals surface area contributed by atoms with E-state index in [-0.39, 0.29) is 24.9 Å². The maximum atomic E-state index is 12.8.